The van der Waals surface area contributed by atoms with Crippen molar-refractivity contribution < 1.29 is 9.90 Å². The van der Waals surface area contributed by atoms with Crippen molar-refractivity contribution in [3.63, 3.8) is 0 Å². The van der Waals surface area contributed by atoms with Gasteiger partial charge in [-0.15, -0.1) is 0 Å². The summed E-state index contributed by atoms with van der Waals surface area (Å²) in [5.41, 5.74) is 0.970. The smallest absolute Gasteiger partial charge is 0.137 e. The molecule has 0 saturated carbocycles. The van der Waals surface area contributed by atoms with Crippen LogP contribution in [0.25, 0.3) is 0 Å². The summed E-state index contributed by atoms with van der Waals surface area (Å²) in [6.07, 6.45) is 1.42. The lowest BCUT2D eigenvalue weighted by molar-refractivity contribution is -0.118. The van der Waals surface area contributed by atoms with Gasteiger partial charge in [-0.05, 0) is 24.1 Å². The standard InChI is InChI=1S/C11H13ClO2/c12-10-5-3-9(4-6-10)8-11(14)2-1-7-13/h3-6,13H,1-2,7-8H2. The largest absolute Gasteiger partial charge is 0.396 e. The van der Waals surface area contributed by atoms with E-state index in [0.29, 0.717) is 24.3 Å². The fraction of sp³-hybridized carbons (Fsp3) is 0.364. The second kappa shape index (κ2) is 5.78. The van der Waals surface area contributed by atoms with Gasteiger partial charge in [-0.3, -0.25) is 4.79 Å². The van der Waals surface area contributed by atoms with E-state index in [0.717, 1.165) is 5.56 Å². The lowest BCUT2D eigenvalue weighted by Gasteiger charge is -2.00. The molecule has 0 fully saturated rings. The van der Waals surface area contributed by atoms with Crippen LogP contribution < -0.4 is 0 Å². The molecule has 0 aliphatic carbocycles. The van der Waals surface area contributed by atoms with Crippen molar-refractivity contribution in [1.82, 2.24) is 0 Å². The van der Waals surface area contributed by atoms with Crippen LogP contribution in [-0.2, 0) is 11.2 Å². The molecule has 1 aromatic carbocycles. The Morgan fingerprint density at radius 2 is 1.93 bits per heavy atom. The van der Waals surface area contributed by atoms with E-state index in [-0.39, 0.29) is 12.4 Å². The Morgan fingerprint density at radius 1 is 1.29 bits per heavy atom. The zero-order chi connectivity index (χ0) is 10.4. The Bertz CT molecular complexity index is 293. The van der Waals surface area contributed by atoms with E-state index in [2.05, 4.69) is 0 Å². The molecule has 0 unspecified atom stereocenters. The van der Waals surface area contributed by atoms with Crippen molar-refractivity contribution in [3.05, 3.63) is 34.9 Å². The highest BCUT2D eigenvalue weighted by atomic mass is 35.5. The van der Waals surface area contributed by atoms with Gasteiger partial charge in [0.1, 0.15) is 5.78 Å². The van der Waals surface area contributed by atoms with Crippen molar-refractivity contribution in [2.24, 2.45) is 0 Å². The van der Waals surface area contributed by atoms with E-state index in [1.54, 1.807) is 12.1 Å². The summed E-state index contributed by atoms with van der Waals surface area (Å²) in [5.74, 6) is 0.154. The third-order valence-corrected chi connectivity index (χ3v) is 2.18. The minimum absolute atomic E-state index is 0.0758. The Morgan fingerprint density at radius 3 is 2.50 bits per heavy atom. The maximum absolute atomic E-state index is 11.3. The van der Waals surface area contributed by atoms with Gasteiger partial charge in [-0.25, -0.2) is 0 Å². The van der Waals surface area contributed by atoms with E-state index in [4.69, 9.17) is 16.7 Å². The van der Waals surface area contributed by atoms with Crippen molar-refractivity contribution in [1.29, 1.82) is 0 Å². The fourth-order valence-electron chi connectivity index (χ4n) is 1.19. The molecule has 0 aliphatic rings. The van der Waals surface area contributed by atoms with Gasteiger partial charge in [-0.2, -0.15) is 0 Å². The molecule has 1 rings (SSSR count). The SMILES string of the molecule is O=C(CCCO)Cc1ccc(Cl)cc1. The summed E-state index contributed by atoms with van der Waals surface area (Å²) in [7, 11) is 0. The van der Waals surface area contributed by atoms with Gasteiger partial charge in [-0.1, -0.05) is 23.7 Å². The molecule has 1 N–H and O–H groups in total. The first-order valence-corrected chi connectivity index (χ1v) is 4.97. The summed E-state index contributed by atoms with van der Waals surface area (Å²) >= 11 is 5.71. The third-order valence-electron chi connectivity index (χ3n) is 1.93. The van der Waals surface area contributed by atoms with Crippen LogP contribution in [0.15, 0.2) is 24.3 Å². The number of Topliss-reactive ketones (excluding diaryl/α,β-unsaturated/α-hetero) is 1. The molecular formula is C11H13ClO2. The topological polar surface area (TPSA) is 37.3 Å². The van der Waals surface area contributed by atoms with E-state index >= 15 is 0 Å². The predicted molar refractivity (Wildman–Crippen MR) is 56.5 cm³/mol. The van der Waals surface area contributed by atoms with Crippen molar-refractivity contribution in [3.8, 4) is 0 Å². The van der Waals surface area contributed by atoms with Crippen LogP contribution in [0.4, 0.5) is 0 Å². The van der Waals surface area contributed by atoms with Gasteiger partial charge in [0.25, 0.3) is 0 Å². The van der Waals surface area contributed by atoms with E-state index in [1.165, 1.54) is 0 Å². The summed E-state index contributed by atoms with van der Waals surface area (Å²) in [4.78, 5) is 11.3. The minimum atomic E-state index is 0.0758. The Labute approximate surface area is 88.5 Å². The third kappa shape index (κ3) is 3.90. The first kappa shape index (κ1) is 11.2. The quantitative estimate of drug-likeness (QED) is 0.813. The molecule has 14 heavy (non-hydrogen) atoms. The number of rotatable bonds is 5. The maximum Gasteiger partial charge on any atom is 0.137 e. The molecule has 0 spiro atoms. The van der Waals surface area contributed by atoms with E-state index in [1.807, 2.05) is 12.1 Å². The molecule has 2 nitrogen and oxygen atoms in total. The molecule has 0 saturated heterocycles. The number of aliphatic hydroxyl groups excluding tert-OH is 1. The van der Waals surface area contributed by atoms with Gasteiger partial charge < -0.3 is 5.11 Å². The van der Waals surface area contributed by atoms with Gasteiger partial charge in [0, 0.05) is 24.5 Å². The molecule has 0 bridgehead atoms. The van der Waals surface area contributed by atoms with E-state index < -0.39 is 0 Å². The van der Waals surface area contributed by atoms with Crippen LogP contribution in [0.5, 0.6) is 0 Å². The van der Waals surface area contributed by atoms with Crippen LogP contribution in [0.3, 0.4) is 0 Å². The zero-order valence-electron chi connectivity index (χ0n) is 7.87. The van der Waals surface area contributed by atoms with Gasteiger partial charge in [0.15, 0.2) is 0 Å². The highest BCUT2D eigenvalue weighted by Crippen LogP contribution is 2.10. The molecule has 1 aromatic rings. The number of halogens is 1. The molecule has 0 aromatic heterocycles. The lowest BCUT2D eigenvalue weighted by Crippen LogP contribution is -2.03. The van der Waals surface area contributed by atoms with Crippen molar-refractivity contribution in [2.75, 3.05) is 6.61 Å². The Balaban J connectivity index is 2.44. The number of hydrogen-bond donors (Lipinski definition) is 1. The number of carbonyl (C=O) groups excluding carboxylic acids is 1. The summed E-state index contributed by atoms with van der Waals surface area (Å²) in [6.45, 7) is 0.0758. The van der Waals surface area contributed by atoms with Gasteiger partial charge in [0.05, 0.1) is 0 Å². The molecule has 0 heterocycles. The zero-order valence-corrected chi connectivity index (χ0v) is 8.63. The number of benzene rings is 1. The molecule has 3 heteroatoms. The average molecular weight is 213 g/mol. The predicted octanol–water partition coefficient (Wildman–Crippen LogP) is 2.22. The number of hydrogen-bond acceptors (Lipinski definition) is 2. The highest BCUT2D eigenvalue weighted by molar-refractivity contribution is 6.30. The summed E-state index contributed by atoms with van der Waals surface area (Å²) < 4.78 is 0. The minimum Gasteiger partial charge on any atom is -0.396 e. The summed E-state index contributed by atoms with van der Waals surface area (Å²) in [5, 5.41) is 9.23. The molecule has 0 aliphatic heterocycles. The Kier molecular flexibility index (Phi) is 4.63. The first-order chi connectivity index (χ1) is 6.72. The first-order valence-electron chi connectivity index (χ1n) is 4.59. The van der Waals surface area contributed by atoms with E-state index in [9.17, 15) is 4.79 Å². The molecule has 0 amide bonds. The number of ketones is 1. The van der Waals surface area contributed by atoms with Crippen LogP contribution >= 0.6 is 11.6 Å². The second-order valence-corrected chi connectivity index (χ2v) is 3.61. The molecule has 0 atom stereocenters. The van der Waals surface area contributed by atoms with Gasteiger partial charge in [0.2, 0.25) is 0 Å². The Hall–Kier alpha value is -0.860. The normalized spacial score (nSPS) is 10.1. The number of aliphatic hydroxyl groups is 1. The average Bonchev–Trinajstić information content (AvgIpc) is 2.18. The van der Waals surface area contributed by atoms with Crippen molar-refractivity contribution >= 4 is 17.4 Å². The maximum atomic E-state index is 11.3. The van der Waals surface area contributed by atoms with Crippen LogP contribution in [0.2, 0.25) is 5.02 Å². The molecule has 0 radical (unpaired) electrons. The van der Waals surface area contributed by atoms with Crippen molar-refractivity contribution in [2.45, 2.75) is 19.3 Å². The molecular weight excluding hydrogens is 200 g/mol. The second-order valence-electron chi connectivity index (χ2n) is 3.17. The van der Waals surface area contributed by atoms with Gasteiger partial charge >= 0.3 is 0 Å². The summed E-state index contributed by atoms with van der Waals surface area (Å²) in [6, 6.07) is 7.24. The highest BCUT2D eigenvalue weighted by Gasteiger charge is 2.02. The number of carbonyl (C=O) groups is 1. The monoisotopic (exact) mass is 212 g/mol. The molecule has 76 valence electrons. The van der Waals surface area contributed by atoms with Crippen LogP contribution in [0, 0.1) is 0 Å². The van der Waals surface area contributed by atoms with Crippen LogP contribution in [0.1, 0.15) is 18.4 Å². The lowest BCUT2D eigenvalue weighted by atomic mass is 10.1. The fourth-order valence-corrected chi connectivity index (χ4v) is 1.32. The van der Waals surface area contributed by atoms with Crippen LogP contribution in [-0.4, -0.2) is 17.5 Å².